The second-order valence-corrected chi connectivity index (χ2v) is 6.31. The first-order valence-corrected chi connectivity index (χ1v) is 7.78. The Balaban J connectivity index is 1.99. The molecule has 2 aromatic rings. The van der Waals surface area contributed by atoms with E-state index in [1.165, 1.54) is 18.2 Å². The summed E-state index contributed by atoms with van der Waals surface area (Å²) in [7, 11) is 0. The number of amides is 1. The van der Waals surface area contributed by atoms with Crippen molar-refractivity contribution in [3.8, 4) is 0 Å². The summed E-state index contributed by atoms with van der Waals surface area (Å²) < 4.78 is 27.7. The molecule has 0 saturated carbocycles. The van der Waals surface area contributed by atoms with Gasteiger partial charge in [-0.25, -0.2) is 8.78 Å². The average molecular weight is 315 g/mol. The molecule has 23 heavy (non-hydrogen) atoms. The molecule has 2 nitrogen and oxygen atoms in total. The minimum atomic E-state index is -0.372. The van der Waals surface area contributed by atoms with E-state index in [0.29, 0.717) is 12.0 Å². The highest BCUT2D eigenvalue weighted by Crippen LogP contribution is 2.49. The monoisotopic (exact) mass is 315 g/mol. The molecule has 2 N–H and O–H groups in total. The van der Waals surface area contributed by atoms with E-state index in [4.69, 9.17) is 5.73 Å². The number of hydrogen-bond acceptors (Lipinski definition) is 1. The Morgan fingerprint density at radius 2 is 1.83 bits per heavy atom. The van der Waals surface area contributed by atoms with Crippen LogP contribution in [0.25, 0.3) is 0 Å². The van der Waals surface area contributed by atoms with Crippen LogP contribution < -0.4 is 5.73 Å². The molecule has 0 saturated heterocycles. The van der Waals surface area contributed by atoms with Crippen molar-refractivity contribution in [3.05, 3.63) is 70.8 Å². The van der Waals surface area contributed by atoms with Crippen molar-refractivity contribution in [1.82, 2.24) is 0 Å². The molecule has 0 fully saturated rings. The number of rotatable bonds is 4. The lowest BCUT2D eigenvalue weighted by atomic mass is 9.83. The van der Waals surface area contributed by atoms with Crippen molar-refractivity contribution < 1.29 is 13.6 Å². The van der Waals surface area contributed by atoms with Gasteiger partial charge >= 0.3 is 0 Å². The largest absolute Gasteiger partial charge is 0.370 e. The van der Waals surface area contributed by atoms with Crippen molar-refractivity contribution in [2.24, 2.45) is 11.7 Å². The normalized spacial score (nSPS) is 22.8. The third-order valence-corrected chi connectivity index (χ3v) is 4.94. The Labute approximate surface area is 134 Å². The first-order valence-electron chi connectivity index (χ1n) is 7.78. The minimum Gasteiger partial charge on any atom is -0.370 e. The molecule has 1 amide bonds. The average Bonchev–Trinajstić information content (AvgIpc) is 2.74. The van der Waals surface area contributed by atoms with Crippen LogP contribution in [0.2, 0.25) is 0 Å². The molecular weight excluding hydrogens is 296 g/mol. The highest BCUT2D eigenvalue weighted by Gasteiger charge is 2.38. The molecule has 3 atom stereocenters. The smallest absolute Gasteiger partial charge is 0.218 e. The molecular formula is C19H19F2NO. The van der Waals surface area contributed by atoms with Gasteiger partial charge in [0.25, 0.3) is 0 Å². The summed E-state index contributed by atoms with van der Waals surface area (Å²) in [6.07, 6.45) is 0.715. The summed E-state index contributed by atoms with van der Waals surface area (Å²) in [5.74, 6) is -0.908. The predicted molar refractivity (Wildman–Crippen MR) is 85.0 cm³/mol. The van der Waals surface area contributed by atoms with Crippen molar-refractivity contribution in [2.45, 2.75) is 31.6 Å². The summed E-state index contributed by atoms with van der Waals surface area (Å²) in [4.78, 5) is 11.4. The van der Waals surface area contributed by atoms with Crippen LogP contribution in [0.15, 0.2) is 42.5 Å². The zero-order valence-electron chi connectivity index (χ0n) is 12.9. The number of carbonyl (C=O) groups excluding carboxylic acids is 1. The Morgan fingerprint density at radius 1 is 1.09 bits per heavy atom. The van der Waals surface area contributed by atoms with E-state index in [1.54, 1.807) is 24.3 Å². The summed E-state index contributed by atoms with van der Waals surface area (Å²) in [6, 6.07) is 11.3. The quantitative estimate of drug-likeness (QED) is 0.913. The second kappa shape index (κ2) is 6.11. The fraction of sp³-hybridized carbons (Fsp3) is 0.316. The van der Waals surface area contributed by atoms with E-state index in [1.807, 2.05) is 6.92 Å². The molecule has 1 aliphatic rings. The van der Waals surface area contributed by atoms with Gasteiger partial charge in [-0.05, 0) is 59.1 Å². The molecule has 1 aliphatic carbocycles. The van der Waals surface area contributed by atoms with Gasteiger partial charge in [-0.1, -0.05) is 31.2 Å². The summed E-state index contributed by atoms with van der Waals surface area (Å²) in [6.45, 7) is 2.02. The van der Waals surface area contributed by atoms with Gasteiger partial charge in [0.1, 0.15) is 11.6 Å². The van der Waals surface area contributed by atoms with E-state index in [2.05, 4.69) is 0 Å². The number of fused-ring (bicyclic) bond motifs is 1. The van der Waals surface area contributed by atoms with E-state index in [0.717, 1.165) is 11.1 Å². The SMILES string of the molecule is CC1C(CC(N)=O)c2ccc(F)cc2C1Cc1ccccc1F. The number of hydrogen-bond donors (Lipinski definition) is 1. The lowest BCUT2D eigenvalue weighted by Gasteiger charge is -2.21. The van der Waals surface area contributed by atoms with Crippen LogP contribution in [0, 0.1) is 17.6 Å². The number of primary amides is 1. The summed E-state index contributed by atoms with van der Waals surface area (Å²) in [5, 5.41) is 0. The van der Waals surface area contributed by atoms with Gasteiger partial charge in [-0.15, -0.1) is 0 Å². The van der Waals surface area contributed by atoms with Gasteiger partial charge < -0.3 is 5.73 Å². The van der Waals surface area contributed by atoms with Crippen molar-refractivity contribution in [1.29, 1.82) is 0 Å². The number of halogens is 2. The highest BCUT2D eigenvalue weighted by atomic mass is 19.1. The maximum atomic E-state index is 14.0. The Kier molecular flexibility index (Phi) is 4.16. The van der Waals surface area contributed by atoms with Crippen LogP contribution in [0.3, 0.4) is 0 Å². The maximum absolute atomic E-state index is 14.0. The van der Waals surface area contributed by atoms with E-state index in [-0.39, 0.29) is 41.7 Å². The van der Waals surface area contributed by atoms with Crippen LogP contribution in [0.4, 0.5) is 8.78 Å². The zero-order chi connectivity index (χ0) is 16.6. The Hall–Kier alpha value is -2.23. The molecule has 3 rings (SSSR count). The van der Waals surface area contributed by atoms with Gasteiger partial charge in [0, 0.05) is 6.42 Å². The van der Waals surface area contributed by atoms with Gasteiger partial charge in [0.15, 0.2) is 0 Å². The van der Waals surface area contributed by atoms with Crippen molar-refractivity contribution >= 4 is 5.91 Å². The van der Waals surface area contributed by atoms with E-state index in [9.17, 15) is 13.6 Å². The maximum Gasteiger partial charge on any atom is 0.218 e. The van der Waals surface area contributed by atoms with Gasteiger partial charge in [0.05, 0.1) is 0 Å². The molecule has 4 heteroatoms. The predicted octanol–water partition coefficient (Wildman–Crippen LogP) is 3.90. The molecule has 120 valence electrons. The number of benzene rings is 2. The minimum absolute atomic E-state index is 0.0260. The summed E-state index contributed by atoms with van der Waals surface area (Å²) >= 11 is 0. The fourth-order valence-corrected chi connectivity index (χ4v) is 3.76. The molecule has 0 heterocycles. The van der Waals surface area contributed by atoms with Gasteiger partial charge in [-0.2, -0.15) is 0 Å². The lowest BCUT2D eigenvalue weighted by molar-refractivity contribution is -0.118. The first-order chi connectivity index (χ1) is 11.0. The van der Waals surface area contributed by atoms with Crippen LogP contribution >= 0.6 is 0 Å². The van der Waals surface area contributed by atoms with Crippen molar-refractivity contribution in [3.63, 3.8) is 0 Å². The van der Waals surface area contributed by atoms with Crippen LogP contribution in [-0.2, 0) is 11.2 Å². The third kappa shape index (κ3) is 2.98. The van der Waals surface area contributed by atoms with Crippen LogP contribution in [0.5, 0.6) is 0 Å². The summed E-state index contributed by atoms with van der Waals surface area (Å²) in [5.41, 5.74) is 7.81. The van der Waals surface area contributed by atoms with Crippen LogP contribution in [-0.4, -0.2) is 5.91 Å². The standard InChI is InChI=1S/C19H19F2NO/c1-11-15(8-12-4-2-3-5-18(12)21)17-9-13(20)6-7-14(17)16(11)10-19(22)23/h2-7,9,11,15-16H,8,10H2,1H3,(H2,22,23). The third-order valence-electron chi connectivity index (χ3n) is 4.94. The molecule has 0 aliphatic heterocycles. The first kappa shape index (κ1) is 15.7. The number of carbonyl (C=O) groups is 1. The highest BCUT2D eigenvalue weighted by molar-refractivity contribution is 5.75. The van der Waals surface area contributed by atoms with Gasteiger partial charge in [0.2, 0.25) is 5.91 Å². The molecule has 3 unspecified atom stereocenters. The van der Waals surface area contributed by atoms with Gasteiger partial charge in [-0.3, -0.25) is 4.79 Å². The molecule has 2 aromatic carbocycles. The Bertz CT molecular complexity index is 744. The van der Waals surface area contributed by atoms with Crippen LogP contribution in [0.1, 0.15) is 41.9 Å². The second-order valence-electron chi connectivity index (χ2n) is 6.31. The number of nitrogens with two attached hydrogens (primary N) is 1. The molecule has 0 bridgehead atoms. The molecule has 0 spiro atoms. The van der Waals surface area contributed by atoms with Crippen molar-refractivity contribution in [2.75, 3.05) is 0 Å². The zero-order valence-corrected chi connectivity index (χ0v) is 12.9. The molecule has 0 radical (unpaired) electrons. The Morgan fingerprint density at radius 3 is 2.52 bits per heavy atom. The topological polar surface area (TPSA) is 43.1 Å². The van der Waals surface area contributed by atoms with E-state index < -0.39 is 0 Å². The van der Waals surface area contributed by atoms with E-state index >= 15 is 0 Å². The fourth-order valence-electron chi connectivity index (χ4n) is 3.76. The lowest BCUT2D eigenvalue weighted by Crippen LogP contribution is -2.19. The molecule has 0 aromatic heterocycles.